The van der Waals surface area contributed by atoms with Crippen molar-refractivity contribution in [1.29, 1.82) is 0 Å². The van der Waals surface area contributed by atoms with Crippen LogP contribution in [0, 0.1) is 5.92 Å². The van der Waals surface area contributed by atoms with E-state index in [2.05, 4.69) is 36.2 Å². The number of hydrogen-bond acceptors (Lipinski definition) is 4. The van der Waals surface area contributed by atoms with Gasteiger partial charge in [0.1, 0.15) is 11.6 Å². The third kappa shape index (κ3) is 7.50. The van der Waals surface area contributed by atoms with Crippen LogP contribution in [0.1, 0.15) is 46.6 Å². The van der Waals surface area contributed by atoms with E-state index in [4.69, 9.17) is 4.74 Å². The largest absolute Gasteiger partial charge is 0.444 e. The number of benzene rings is 1. The monoisotopic (exact) mass is 389 g/mol. The molecule has 1 aliphatic rings. The zero-order chi connectivity index (χ0) is 20.7. The Morgan fingerprint density at radius 2 is 1.68 bits per heavy atom. The molecule has 1 unspecified atom stereocenters. The lowest BCUT2D eigenvalue weighted by Gasteiger charge is -2.37. The molecule has 1 heterocycles. The van der Waals surface area contributed by atoms with E-state index in [1.807, 2.05) is 43.9 Å². The number of alkyl carbamates (subject to hydrolysis) is 1. The molecule has 1 atom stereocenters. The van der Waals surface area contributed by atoms with Crippen molar-refractivity contribution in [3.8, 4) is 0 Å². The maximum absolute atomic E-state index is 13.0. The molecular formula is C22H35N3O3. The van der Waals surface area contributed by atoms with Gasteiger partial charge >= 0.3 is 6.09 Å². The lowest BCUT2D eigenvalue weighted by molar-refractivity contribution is -0.135. The number of nitrogens with one attached hydrogen (secondary N) is 1. The summed E-state index contributed by atoms with van der Waals surface area (Å²) < 4.78 is 5.34. The Morgan fingerprint density at radius 3 is 2.21 bits per heavy atom. The van der Waals surface area contributed by atoms with Crippen LogP contribution in [0.2, 0.25) is 0 Å². The highest BCUT2D eigenvalue weighted by Gasteiger charge is 2.30. The molecule has 0 aromatic heterocycles. The molecule has 0 spiro atoms. The lowest BCUT2D eigenvalue weighted by atomic mass is 10.0. The van der Waals surface area contributed by atoms with E-state index < -0.39 is 17.7 Å². The molecule has 0 aliphatic carbocycles. The third-order valence-electron chi connectivity index (χ3n) is 4.63. The molecule has 6 heteroatoms. The van der Waals surface area contributed by atoms with Gasteiger partial charge in [-0.25, -0.2) is 4.79 Å². The summed E-state index contributed by atoms with van der Waals surface area (Å²) >= 11 is 0. The Morgan fingerprint density at radius 1 is 1.07 bits per heavy atom. The SMILES string of the molecule is CC(C)CC(NC(=O)OC(C)(C)C)C(=O)N1CCN(Cc2ccccc2)CC1. The Kier molecular flexibility index (Phi) is 7.87. The van der Waals surface area contributed by atoms with Gasteiger partial charge in [0.2, 0.25) is 5.91 Å². The summed E-state index contributed by atoms with van der Waals surface area (Å²) in [6, 6.07) is 9.83. The Balaban J connectivity index is 1.90. The summed E-state index contributed by atoms with van der Waals surface area (Å²) in [7, 11) is 0. The summed E-state index contributed by atoms with van der Waals surface area (Å²) in [5.74, 6) is 0.280. The van der Waals surface area contributed by atoms with E-state index in [0.717, 1.165) is 19.6 Å². The van der Waals surface area contributed by atoms with E-state index >= 15 is 0 Å². The molecule has 2 amide bonds. The van der Waals surface area contributed by atoms with Crippen molar-refractivity contribution in [3.63, 3.8) is 0 Å². The van der Waals surface area contributed by atoms with E-state index in [-0.39, 0.29) is 5.91 Å². The van der Waals surface area contributed by atoms with Crippen LogP contribution >= 0.6 is 0 Å². The van der Waals surface area contributed by atoms with Gasteiger partial charge in [0.15, 0.2) is 0 Å². The van der Waals surface area contributed by atoms with E-state index in [9.17, 15) is 9.59 Å². The molecule has 1 fully saturated rings. The number of nitrogens with zero attached hydrogens (tertiary/aromatic N) is 2. The van der Waals surface area contributed by atoms with Crippen LogP contribution in [0.25, 0.3) is 0 Å². The van der Waals surface area contributed by atoms with Gasteiger partial charge in [-0.15, -0.1) is 0 Å². The Hall–Kier alpha value is -2.08. The Labute approximate surface area is 169 Å². The summed E-state index contributed by atoms with van der Waals surface area (Å²) in [5, 5.41) is 2.79. The molecule has 2 rings (SSSR count). The molecule has 0 saturated carbocycles. The second-order valence-corrected chi connectivity index (χ2v) is 8.92. The molecule has 1 aromatic rings. The minimum Gasteiger partial charge on any atom is -0.444 e. The minimum absolute atomic E-state index is 0.0149. The second-order valence-electron chi connectivity index (χ2n) is 8.92. The highest BCUT2D eigenvalue weighted by atomic mass is 16.6. The average molecular weight is 390 g/mol. The Bertz CT molecular complexity index is 632. The maximum atomic E-state index is 13.0. The molecular weight excluding hydrogens is 354 g/mol. The number of rotatable bonds is 6. The van der Waals surface area contributed by atoms with Crippen molar-refractivity contribution >= 4 is 12.0 Å². The quantitative estimate of drug-likeness (QED) is 0.811. The molecule has 0 radical (unpaired) electrons. The molecule has 156 valence electrons. The fraction of sp³-hybridized carbons (Fsp3) is 0.636. The van der Waals surface area contributed by atoms with Gasteiger partial charge in [0, 0.05) is 32.7 Å². The average Bonchev–Trinajstić information content (AvgIpc) is 2.60. The number of amides is 2. The first-order chi connectivity index (χ1) is 13.1. The van der Waals surface area contributed by atoms with Crippen LogP contribution < -0.4 is 5.32 Å². The van der Waals surface area contributed by atoms with Crippen LogP contribution in [0.5, 0.6) is 0 Å². The first kappa shape index (κ1) is 22.2. The zero-order valence-electron chi connectivity index (χ0n) is 17.9. The fourth-order valence-electron chi connectivity index (χ4n) is 3.33. The van der Waals surface area contributed by atoms with Gasteiger partial charge in [-0.3, -0.25) is 9.69 Å². The summed E-state index contributed by atoms with van der Waals surface area (Å²) in [6.07, 6.45) is 0.0664. The number of hydrogen-bond donors (Lipinski definition) is 1. The van der Waals surface area contributed by atoms with Crippen LogP contribution in [0.3, 0.4) is 0 Å². The number of carbonyl (C=O) groups is 2. The van der Waals surface area contributed by atoms with Gasteiger partial charge in [-0.1, -0.05) is 44.2 Å². The molecule has 1 aromatic carbocycles. The number of ether oxygens (including phenoxy) is 1. The van der Waals surface area contributed by atoms with Crippen LogP contribution in [0.15, 0.2) is 30.3 Å². The van der Waals surface area contributed by atoms with Crippen molar-refractivity contribution < 1.29 is 14.3 Å². The summed E-state index contributed by atoms with van der Waals surface area (Å²) in [5.41, 5.74) is 0.699. The maximum Gasteiger partial charge on any atom is 0.408 e. The van der Waals surface area contributed by atoms with E-state index in [1.54, 1.807) is 0 Å². The van der Waals surface area contributed by atoms with Crippen molar-refractivity contribution in [3.05, 3.63) is 35.9 Å². The van der Waals surface area contributed by atoms with Crippen LogP contribution in [-0.2, 0) is 16.1 Å². The van der Waals surface area contributed by atoms with Crippen molar-refractivity contribution in [2.75, 3.05) is 26.2 Å². The highest BCUT2D eigenvalue weighted by molar-refractivity contribution is 5.85. The predicted molar refractivity (Wildman–Crippen MR) is 111 cm³/mol. The number of piperazine rings is 1. The van der Waals surface area contributed by atoms with Crippen molar-refractivity contribution in [1.82, 2.24) is 15.1 Å². The normalized spacial score (nSPS) is 16.7. The molecule has 1 saturated heterocycles. The second kappa shape index (κ2) is 9.92. The molecule has 28 heavy (non-hydrogen) atoms. The van der Waals surface area contributed by atoms with Crippen LogP contribution in [-0.4, -0.2) is 59.6 Å². The zero-order valence-corrected chi connectivity index (χ0v) is 17.9. The smallest absolute Gasteiger partial charge is 0.408 e. The predicted octanol–water partition coefficient (Wildman–Crippen LogP) is 3.27. The van der Waals surface area contributed by atoms with E-state index in [1.165, 1.54) is 5.56 Å². The summed E-state index contributed by atoms with van der Waals surface area (Å²) in [4.78, 5) is 29.4. The van der Waals surface area contributed by atoms with Gasteiger partial charge < -0.3 is 15.0 Å². The standard InChI is InChI=1S/C22H35N3O3/c1-17(2)15-19(23-21(27)28-22(3,4)5)20(26)25-13-11-24(12-14-25)16-18-9-7-6-8-10-18/h6-10,17,19H,11-16H2,1-5H3,(H,23,27). The topological polar surface area (TPSA) is 61.9 Å². The lowest BCUT2D eigenvalue weighted by Crippen LogP contribution is -2.55. The molecule has 1 aliphatic heterocycles. The van der Waals surface area contributed by atoms with Gasteiger partial charge in [0.05, 0.1) is 0 Å². The molecule has 0 bridgehead atoms. The van der Waals surface area contributed by atoms with Gasteiger partial charge in [-0.2, -0.15) is 0 Å². The van der Waals surface area contributed by atoms with Gasteiger partial charge in [0.25, 0.3) is 0 Å². The van der Waals surface area contributed by atoms with Crippen LogP contribution in [0.4, 0.5) is 4.79 Å². The van der Waals surface area contributed by atoms with Gasteiger partial charge in [-0.05, 0) is 38.7 Å². The fourth-order valence-corrected chi connectivity index (χ4v) is 3.33. The number of carbonyl (C=O) groups excluding carboxylic acids is 2. The summed E-state index contributed by atoms with van der Waals surface area (Å²) in [6.45, 7) is 13.5. The molecule has 6 nitrogen and oxygen atoms in total. The van der Waals surface area contributed by atoms with E-state index in [0.29, 0.717) is 25.4 Å². The van der Waals surface area contributed by atoms with Crippen molar-refractivity contribution in [2.24, 2.45) is 5.92 Å². The first-order valence-corrected chi connectivity index (χ1v) is 10.2. The third-order valence-corrected chi connectivity index (χ3v) is 4.63. The highest BCUT2D eigenvalue weighted by Crippen LogP contribution is 2.14. The molecule has 1 N–H and O–H groups in total. The first-order valence-electron chi connectivity index (χ1n) is 10.2. The van der Waals surface area contributed by atoms with Crippen molar-refractivity contribution in [2.45, 2.75) is 59.2 Å². The minimum atomic E-state index is -0.585.